The molecule has 1 aliphatic rings. The minimum atomic E-state index is -3.57. The van der Waals surface area contributed by atoms with Crippen LogP contribution in [0.15, 0.2) is 61.1 Å². The number of rotatable bonds is 8. The molecule has 1 aliphatic heterocycles. The molecule has 2 aromatic carbocycles. The number of nitrogens with one attached hydrogen (secondary N) is 2. The standard InChI is InChI=1S/C27H27ClFN7O3S/c1-40(38,39)34-25(37)17-35-8-10-36(11-9-35)27-32-14-20(15-33-27)18-6-7-24-21(12-18)26(22(28)16-30-24)31-13-19-4-2-3-5-23(19)29/h2-7,12,14-16H,8-11,13,17H2,1H3,(H,30,31)(H,34,37). The van der Waals surface area contributed by atoms with E-state index in [1.807, 2.05) is 32.7 Å². The van der Waals surface area contributed by atoms with Crippen LogP contribution >= 0.6 is 11.6 Å². The Balaban J connectivity index is 1.28. The van der Waals surface area contributed by atoms with Crippen LogP contribution in [0.1, 0.15) is 5.56 Å². The Morgan fingerprint density at radius 3 is 2.42 bits per heavy atom. The minimum Gasteiger partial charge on any atom is -0.379 e. The summed E-state index contributed by atoms with van der Waals surface area (Å²) in [5.41, 5.74) is 3.62. The zero-order valence-corrected chi connectivity index (χ0v) is 23.2. The van der Waals surface area contributed by atoms with Crippen molar-refractivity contribution in [3.05, 3.63) is 77.5 Å². The summed E-state index contributed by atoms with van der Waals surface area (Å²) in [4.78, 5) is 29.3. The molecule has 1 amide bonds. The van der Waals surface area contributed by atoms with Crippen LogP contribution in [0.3, 0.4) is 0 Å². The molecule has 1 fully saturated rings. The number of hydrogen-bond donors (Lipinski definition) is 2. The van der Waals surface area contributed by atoms with E-state index >= 15 is 0 Å². The van der Waals surface area contributed by atoms with Crippen LogP contribution in [-0.4, -0.2) is 73.2 Å². The molecule has 0 bridgehead atoms. The van der Waals surface area contributed by atoms with Crippen molar-refractivity contribution in [2.24, 2.45) is 0 Å². The Kier molecular flexibility index (Phi) is 8.10. The van der Waals surface area contributed by atoms with Crippen LogP contribution in [0.2, 0.25) is 5.02 Å². The fourth-order valence-corrected chi connectivity index (χ4v) is 5.23. The average Bonchev–Trinajstić information content (AvgIpc) is 2.92. The number of pyridine rings is 1. The molecular formula is C27H27ClFN7O3S. The molecule has 0 atom stereocenters. The molecule has 0 saturated carbocycles. The van der Waals surface area contributed by atoms with Gasteiger partial charge < -0.3 is 10.2 Å². The largest absolute Gasteiger partial charge is 0.379 e. The fourth-order valence-electron chi connectivity index (χ4n) is 4.53. The first-order valence-corrected chi connectivity index (χ1v) is 14.8. The van der Waals surface area contributed by atoms with Crippen molar-refractivity contribution in [2.75, 3.05) is 49.2 Å². The lowest BCUT2D eigenvalue weighted by Crippen LogP contribution is -2.50. The van der Waals surface area contributed by atoms with Crippen molar-refractivity contribution in [1.29, 1.82) is 0 Å². The van der Waals surface area contributed by atoms with E-state index in [4.69, 9.17) is 11.6 Å². The molecule has 13 heteroatoms. The predicted molar refractivity (Wildman–Crippen MR) is 153 cm³/mol. The maximum Gasteiger partial charge on any atom is 0.247 e. The number of halogens is 2. The number of carbonyl (C=O) groups excluding carboxylic acids is 1. The van der Waals surface area contributed by atoms with Crippen LogP contribution in [0.25, 0.3) is 22.0 Å². The van der Waals surface area contributed by atoms with Gasteiger partial charge in [0.25, 0.3) is 0 Å². The minimum absolute atomic E-state index is 0.0126. The number of piperazine rings is 1. The summed E-state index contributed by atoms with van der Waals surface area (Å²) in [7, 11) is -3.57. The van der Waals surface area contributed by atoms with Crippen molar-refractivity contribution in [3.8, 4) is 11.1 Å². The van der Waals surface area contributed by atoms with Gasteiger partial charge in [0.1, 0.15) is 5.82 Å². The number of aromatic nitrogens is 3. The molecule has 10 nitrogen and oxygen atoms in total. The smallest absolute Gasteiger partial charge is 0.247 e. The lowest BCUT2D eigenvalue weighted by atomic mass is 10.0. The molecule has 0 aliphatic carbocycles. The lowest BCUT2D eigenvalue weighted by Gasteiger charge is -2.34. The zero-order valence-electron chi connectivity index (χ0n) is 21.6. The second-order valence-corrected chi connectivity index (χ2v) is 11.6. The Morgan fingerprint density at radius 2 is 1.73 bits per heavy atom. The van der Waals surface area contributed by atoms with Gasteiger partial charge in [-0.05, 0) is 23.8 Å². The van der Waals surface area contributed by atoms with Crippen LogP contribution in [0, 0.1) is 5.82 Å². The van der Waals surface area contributed by atoms with Gasteiger partial charge in [-0.3, -0.25) is 19.4 Å². The first-order chi connectivity index (χ1) is 19.2. The molecule has 5 rings (SSSR count). The van der Waals surface area contributed by atoms with Gasteiger partial charge in [-0.25, -0.2) is 22.8 Å². The van der Waals surface area contributed by atoms with Crippen molar-refractivity contribution >= 4 is 50.1 Å². The van der Waals surface area contributed by atoms with Gasteiger partial charge in [0.15, 0.2) is 0 Å². The first kappa shape index (κ1) is 27.7. The van der Waals surface area contributed by atoms with E-state index < -0.39 is 15.9 Å². The zero-order chi connectivity index (χ0) is 28.3. The summed E-state index contributed by atoms with van der Waals surface area (Å²) in [5, 5.41) is 4.49. The SMILES string of the molecule is CS(=O)(=O)NC(=O)CN1CCN(c2ncc(-c3ccc4ncc(Cl)c(NCc5ccccc5F)c4c3)cn2)CC1. The van der Waals surface area contributed by atoms with E-state index in [-0.39, 0.29) is 18.9 Å². The third kappa shape index (κ3) is 6.64. The van der Waals surface area contributed by atoms with Gasteiger partial charge in [0, 0.05) is 67.8 Å². The van der Waals surface area contributed by atoms with Crippen LogP contribution in [-0.2, 0) is 21.4 Å². The number of benzene rings is 2. The van der Waals surface area contributed by atoms with Gasteiger partial charge in [0.2, 0.25) is 21.9 Å². The molecule has 3 heterocycles. The fraction of sp³-hybridized carbons (Fsp3) is 0.259. The second kappa shape index (κ2) is 11.7. The van der Waals surface area contributed by atoms with Crippen molar-refractivity contribution < 1.29 is 17.6 Å². The Hall–Kier alpha value is -3.87. The molecule has 1 saturated heterocycles. The number of nitrogens with zero attached hydrogens (tertiary/aromatic N) is 5. The molecule has 208 valence electrons. The molecule has 0 radical (unpaired) electrons. The summed E-state index contributed by atoms with van der Waals surface area (Å²) in [6, 6.07) is 12.4. The van der Waals surface area contributed by atoms with Gasteiger partial charge >= 0.3 is 0 Å². The van der Waals surface area contributed by atoms with Gasteiger partial charge in [-0.15, -0.1) is 0 Å². The lowest BCUT2D eigenvalue weighted by molar-refractivity contribution is -0.120. The highest BCUT2D eigenvalue weighted by Gasteiger charge is 2.22. The third-order valence-electron chi connectivity index (χ3n) is 6.53. The second-order valence-electron chi connectivity index (χ2n) is 9.49. The van der Waals surface area contributed by atoms with E-state index in [0.717, 1.165) is 28.3 Å². The molecule has 40 heavy (non-hydrogen) atoms. The summed E-state index contributed by atoms with van der Waals surface area (Å²) in [6.45, 7) is 2.62. The predicted octanol–water partition coefficient (Wildman–Crippen LogP) is 3.29. The van der Waals surface area contributed by atoms with Crippen LogP contribution in [0.4, 0.5) is 16.0 Å². The quantitative estimate of drug-likeness (QED) is 0.322. The highest BCUT2D eigenvalue weighted by atomic mass is 35.5. The Labute approximate surface area is 236 Å². The highest BCUT2D eigenvalue weighted by molar-refractivity contribution is 7.89. The number of hydrogen-bond acceptors (Lipinski definition) is 9. The van der Waals surface area contributed by atoms with Crippen molar-refractivity contribution in [1.82, 2.24) is 24.6 Å². The summed E-state index contributed by atoms with van der Waals surface area (Å²) in [6.07, 6.45) is 6.03. The normalized spacial score (nSPS) is 14.3. The maximum atomic E-state index is 14.1. The van der Waals surface area contributed by atoms with Crippen molar-refractivity contribution in [3.63, 3.8) is 0 Å². The molecule has 0 spiro atoms. The summed E-state index contributed by atoms with van der Waals surface area (Å²) < 4.78 is 38.6. The molecule has 2 N–H and O–H groups in total. The van der Waals surface area contributed by atoms with Gasteiger partial charge in [0.05, 0.1) is 29.0 Å². The first-order valence-electron chi connectivity index (χ1n) is 12.5. The Morgan fingerprint density at radius 1 is 1.00 bits per heavy atom. The summed E-state index contributed by atoms with van der Waals surface area (Å²) >= 11 is 6.48. The Bertz CT molecular complexity index is 1650. The van der Waals surface area contributed by atoms with Gasteiger partial charge in [-0.2, -0.15) is 0 Å². The molecule has 4 aromatic rings. The summed E-state index contributed by atoms with van der Waals surface area (Å²) in [5.74, 6) is -0.267. The maximum absolute atomic E-state index is 14.1. The number of fused-ring (bicyclic) bond motifs is 1. The van der Waals surface area contributed by atoms with Gasteiger partial charge in [-0.1, -0.05) is 35.9 Å². The van der Waals surface area contributed by atoms with Crippen LogP contribution < -0.4 is 14.9 Å². The van der Waals surface area contributed by atoms with Crippen molar-refractivity contribution in [2.45, 2.75) is 6.54 Å². The number of sulfonamides is 1. The number of anilines is 2. The van der Waals surface area contributed by atoms with E-state index in [1.165, 1.54) is 6.07 Å². The van der Waals surface area contributed by atoms with Crippen LogP contribution in [0.5, 0.6) is 0 Å². The monoisotopic (exact) mass is 583 g/mol. The number of amides is 1. The van der Waals surface area contributed by atoms with E-state index in [9.17, 15) is 17.6 Å². The number of carbonyl (C=O) groups is 1. The molecular weight excluding hydrogens is 557 g/mol. The highest BCUT2D eigenvalue weighted by Crippen LogP contribution is 2.33. The van der Waals surface area contributed by atoms with E-state index in [1.54, 1.807) is 36.8 Å². The third-order valence-corrected chi connectivity index (χ3v) is 7.41. The molecule has 0 unspecified atom stereocenters. The average molecular weight is 584 g/mol. The molecule has 2 aromatic heterocycles. The van der Waals surface area contributed by atoms with E-state index in [2.05, 4.69) is 20.3 Å². The van der Waals surface area contributed by atoms with E-state index in [0.29, 0.717) is 48.4 Å². The topological polar surface area (TPSA) is 120 Å².